The van der Waals surface area contributed by atoms with Gasteiger partial charge in [0.15, 0.2) is 0 Å². The SMILES string of the molecule is Cc1sc2nc(CS[C@@H](C)C(=O)Nc3ccccc3)[nH]c(=O)c2c1C. The number of benzene rings is 1. The van der Waals surface area contributed by atoms with Crippen LogP contribution >= 0.6 is 23.1 Å². The maximum Gasteiger partial charge on any atom is 0.259 e. The van der Waals surface area contributed by atoms with Crippen molar-refractivity contribution >= 4 is 44.9 Å². The van der Waals surface area contributed by atoms with E-state index in [0.29, 0.717) is 17.0 Å². The van der Waals surface area contributed by atoms with E-state index in [-0.39, 0.29) is 16.7 Å². The molecule has 25 heavy (non-hydrogen) atoms. The number of nitrogens with one attached hydrogen (secondary N) is 2. The molecule has 0 aliphatic carbocycles. The number of fused-ring (bicyclic) bond motifs is 1. The van der Waals surface area contributed by atoms with E-state index in [1.807, 2.05) is 51.1 Å². The van der Waals surface area contributed by atoms with Crippen LogP contribution in [0, 0.1) is 13.8 Å². The first kappa shape index (κ1) is 17.7. The summed E-state index contributed by atoms with van der Waals surface area (Å²) in [5.74, 6) is 1.01. The molecule has 0 aliphatic heterocycles. The number of hydrogen-bond donors (Lipinski definition) is 2. The van der Waals surface area contributed by atoms with Crippen LogP contribution in [0.15, 0.2) is 35.1 Å². The van der Waals surface area contributed by atoms with Gasteiger partial charge in [-0.25, -0.2) is 4.98 Å². The number of para-hydroxylation sites is 1. The number of amides is 1. The molecular formula is C18H19N3O2S2. The molecule has 5 nitrogen and oxygen atoms in total. The lowest BCUT2D eigenvalue weighted by Crippen LogP contribution is -2.23. The van der Waals surface area contributed by atoms with Crippen molar-refractivity contribution in [3.63, 3.8) is 0 Å². The normalized spacial score (nSPS) is 12.3. The number of anilines is 1. The van der Waals surface area contributed by atoms with Gasteiger partial charge in [-0.1, -0.05) is 18.2 Å². The summed E-state index contributed by atoms with van der Waals surface area (Å²) in [6.07, 6.45) is 0. The van der Waals surface area contributed by atoms with Crippen LogP contribution in [0.25, 0.3) is 10.2 Å². The molecule has 1 amide bonds. The number of thioether (sulfide) groups is 1. The van der Waals surface area contributed by atoms with Gasteiger partial charge in [0.1, 0.15) is 10.7 Å². The number of carbonyl (C=O) groups is 1. The van der Waals surface area contributed by atoms with Crippen LogP contribution in [0.5, 0.6) is 0 Å². The van der Waals surface area contributed by atoms with Crippen LogP contribution < -0.4 is 10.9 Å². The molecule has 0 unspecified atom stereocenters. The maximum atomic E-state index is 12.3. The van der Waals surface area contributed by atoms with Crippen molar-refractivity contribution in [1.29, 1.82) is 0 Å². The summed E-state index contributed by atoms with van der Waals surface area (Å²) in [7, 11) is 0. The Morgan fingerprint density at radius 3 is 2.76 bits per heavy atom. The highest BCUT2D eigenvalue weighted by atomic mass is 32.2. The minimum absolute atomic E-state index is 0.0672. The van der Waals surface area contributed by atoms with Crippen molar-refractivity contribution in [2.75, 3.05) is 5.32 Å². The van der Waals surface area contributed by atoms with Gasteiger partial charge in [0.05, 0.1) is 16.4 Å². The number of aromatic amines is 1. The monoisotopic (exact) mass is 373 g/mol. The first-order valence-corrected chi connectivity index (χ1v) is 9.78. The number of thiophene rings is 1. The van der Waals surface area contributed by atoms with E-state index in [1.165, 1.54) is 23.1 Å². The summed E-state index contributed by atoms with van der Waals surface area (Å²) in [5.41, 5.74) is 1.66. The van der Waals surface area contributed by atoms with Gasteiger partial charge in [0.25, 0.3) is 5.56 Å². The molecule has 0 aliphatic rings. The summed E-state index contributed by atoms with van der Waals surface area (Å²) in [5, 5.41) is 3.30. The lowest BCUT2D eigenvalue weighted by atomic mass is 10.2. The minimum atomic E-state index is -0.256. The Morgan fingerprint density at radius 2 is 2.04 bits per heavy atom. The minimum Gasteiger partial charge on any atom is -0.325 e. The van der Waals surface area contributed by atoms with E-state index >= 15 is 0 Å². The third kappa shape index (κ3) is 3.93. The summed E-state index contributed by atoms with van der Waals surface area (Å²) < 4.78 is 0. The van der Waals surface area contributed by atoms with Crippen LogP contribution in [0.1, 0.15) is 23.2 Å². The molecule has 0 spiro atoms. The second kappa shape index (κ2) is 7.41. The predicted octanol–water partition coefficient (Wildman–Crippen LogP) is 3.86. The molecule has 3 aromatic rings. The standard InChI is InChI=1S/C18H19N3O2S2/c1-10-11(2)25-18-15(10)17(23)20-14(21-18)9-24-12(3)16(22)19-13-7-5-4-6-8-13/h4-8,12H,9H2,1-3H3,(H,19,22)(H,20,21,23)/t12-/m0/s1. The zero-order valence-electron chi connectivity index (χ0n) is 14.3. The number of hydrogen-bond acceptors (Lipinski definition) is 5. The highest BCUT2D eigenvalue weighted by Gasteiger charge is 2.16. The first-order chi connectivity index (χ1) is 12.0. The van der Waals surface area contributed by atoms with Crippen molar-refractivity contribution in [1.82, 2.24) is 9.97 Å². The molecule has 7 heteroatoms. The number of rotatable bonds is 5. The van der Waals surface area contributed by atoms with Crippen LogP contribution in [-0.2, 0) is 10.5 Å². The fourth-order valence-electron chi connectivity index (χ4n) is 2.41. The molecule has 3 rings (SSSR count). The molecule has 0 fully saturated rings. The van der Waals surface area contributed by atoms with Gasteiger partial charge in [-0.2, -0.15) is 0 Å². The van der Waals surface area contributed by atoms with Crippen molar-refractivity contribution in [2.24, 2.45) is 0 Å². The smallest absolute Gasteiger partial charge is 0.259 e. The van der Waals surface area contributed by atoms with E-state index < -0.39 is 0 Å². The second-order valence-electron chi connectivity index (χ2n) is 5.78. The van der Waals surface area contributed by atoms with Crippen molar-refractivity contribution in [3.8, 4) is 0 Å². The molecule has 0 saturated carbocycles. The molecule has 2 aromatic heterocycles. The topological polar surface area (TPSA) is 74.8 Å². The number of aromatic nitrogens is 2. The number of H-pyrrole nitrogens is 1. The molecule has 2 heterocycles. The molecule has 0 radical (unpaired) electrons. The highest BCUT2D eigenvalue weighted by molar-refractivity contribution is 7.99. The number of aryl methyl sites for hydroxylation is 2. The lowest BCUT2D eigenvalue weighted by molar-refractivity contribution is -0.115. The van der Waals surface area contributed by atoms with E-state index in [2.05, 4.69) is 15.3 Å². The Hall–Kier alpha value is -2.12. The summed E-state index contributed by atoms with van der Waals surface area (Å²) >= 11 is 2.97. The summed E-state index contributed by atoms with van der Waals surface area (Å²) in [4.78, 5) is 33.8. The van der Waals surface area contributed by atoms with Crippen LogP contribution in [0.3, 0.4) is 0 Å². The van der Waals surface area contributed by atoms with Crippen LogP contribution in [-0.4, -0.2) is 21.1 Å². The molecule has 0 saturated heterocycles. The quantitative estimate of drug-likeness (QED) is 0.712. The van der Waals surface area contributed by atoms with E-state index in [0.717, 1.165) is 21.0 Å². The zero-order valence-corrected chi connectivity index (χ0v) is 15.9. The lowest BCUT2D eigenvalue weighted by Gasteiger charge is -2.11. The average Bonchev–Trinajstić information content (AvgIpc) is 2.88. The van der Waals surface area contributed by atoms with Gasteiger partial charge >= 0.3 is 0 Å². The van der Waals surface area contributed by atoms with Crippen molar-refractivity contribution < 1.29 is 4.79 Å². The van der Waals surface area contributed by atoms with Gasteiger partial charge in [-0.15, -0.1) is 23.1 Å². The van der Waals surface area contributed by atoms with Crippen LogP contribution in [0.4, 0.5) is 5.69 Å². The molecular weight excluding hydrogens is 354 g/mol. The van der Waals surface area contributed by atoms with Gasteiger partial charge in [0, 0.05) is 10.6 Å². The molecule has 0 bridgehead atoms. The predicted molar refractivity (Wildman–Crippen MR) is 106 cm³/mol. The second-order valence-corrected chi connectivity index (χ2v) is 8.32. The molecule has 1 aromatic carbocycles. The maximum absolute atomic E-state index is 12.3. The Morgan fingerprint density at radius 1 is 1.32 bits per heavy atom. The number of carbonyl (C=O) groups excluding carboxylic acids is 1. The Kier molecular flexibility index (Phi) is 5.24. The zero-order chi connectivity index (χ0) is 18.0. The third-order valence-corrected chi connectivity index (χ3v) is 6.22. The molecule has 130 valence electrons. The Labute approximate surface area is 153 Å². The number of nitrogens with zero attached hydrogens (tertiary/aromatic N) is 1. The summed E-state index contributed by atoms with van der Waals surface area (Å²) in [6.45, 7) is 5.78. The first-order valence-electron chi connectivity index (χ1n) is 7.92. The largest absolute Gasteiger partial charge is 0.325 e. The Balaban J connectivity index is 1.68. The fourth-order valence-corrected chi connectivity index (χ4v) is 4.22. The van der Waals surface area contributed by atoms with Crippen LogP contribution in [0.2, 0.25) is 0 Å². The van der Waals surface area contributed by atoms with Gasteiger partial charge < -0.3 is 10.3 Å². The Bertz CT molecular complexity index is 964. The summed E-state index contributed by atoms with van der Waals surface area (Å²) in [6, 6.07) is 9.36. The van der Waals surface area contributed by atoms with E-state index in [9.17, 15) is 9.59 Å². The van der Waals surface area contributed by atoms with E-state index in [4.69, 9.17) is 0 Å². The average molecular weight is 374 g/mol. The fraction of sp³-hybridized carbons (Fsp3) is 0.278. The van der Waals surface area contributed by atoms with Gasteiger partial charge in [-0.05, 0) is 38.5 Å². The van der Waals surface area contributed by atoms with Crippen molar-refractivity contribution in [2.45, 2.75) is 31.8 Å². The highest BCUT2D eigenvalue weighted by Crippen LogP contribution is 2.26. The van der Waals surface area contributed by atoms with Gasteiger partial charge in [-0.3, -0.25) is 9.59 Å². The molecule has 2 N–H and O–H groups in total. The molecule has 1 atom stereocenters. The van der Waals surface area contributed by atoms with Crippen molar-refractivity contribution in [3.05, 3.63) is 57.0 Å². The van der Waals surface area contributed by atoms with Gasteiger partial charge in [0.2, 0.25) is 5.91 Å². The van der Waals surface area contributed by atoms with E-state index in [1.54, 1.807) is 0 Å². The third-order valence-electron chi connectivity index (χ3n) is 3.97.